The maximum Gasteiger partial charge on any atom is 0.258 e. The van der Waals surface area contributed by atoms with Crippen LogP contribution >= 0.6 is 0 Å². The zero-order chi connectivity index (χ0) is 16.8. The van der Waals surface area contributed by atoms with Gasteiger partial charge in [0.25, 0.3) is 5.91 Å². The fraction of sp³-hybridized carbons (Fsp3) is 0.263. The minimum atomic E-state index is -0.250. The minimum absolute atomic E-state index is 0.0478. The van der Waals surface area contributed by atoms with Crippen molar-refractivity contribution in [2.45, 2.75) is 33.1 Å². The molecule has 1 aromatic carbocycles. The number of aryl methyl sites for hydroxylation is 3. The molecule has 2 N–H and O–H groups in total. The second kappa shape index (κ2) is 5.37. The first kappa shape index (κ1) is 14.8. The number of aromatic nitrogens is 1. The number of rotatable bonds is 2. The number of Topliss-reactive ketones (excluding diaryl/α,β-unsaturated/α-hetero) is 1. The van der Waals surface area contributed by atoms with Crippen LogP contribution in [0.1, 0.15) is 50.7 Å². The van der Waals surface area contributed by atoms with Crippen molar-refractivity contribution < 1.29 is 14.0 Å². The van der Waals surface area contributed by atoms with E-state index in [9.17, 15) is 9.59 Å². The molecule has 0 radical (unpaired) electrons. The molecule has 1 aliphatic rings. The van der Waals surface area contributed by atoms with Crippen molar-refractivity contribution in [1.82, 2.24) is 4.98 Å². The van der Waals surface area contributed by atoms with E-state index >= 15 is 0 Å². The summed E-state index contributed by atoms with van der Waals surface area (Å²) in [4.78, 5) is 28.2. The summed E-state index contributed by atoms with van der Waals surface area (Å²) in [5.74, 6) is 0.626. The molecule has 0 fully saturated rings. The van der Waals surface area contributed by atoms with Gasteiger partial charge in [0.1, 0.15) is 11.3 Å². The molecule has 24 heavy (non-hydrogen) atoms. The number of furan rings is 1. The van der Waals surface area contributed by atoms with Crippen LogP contribution in [0.2, 0.25) is 0 Å². The lowest BCUT2D eigenvalue weighted by Crippen LogP contribution is -2.18. The van der Waals surface area contributed by atoms with Crippen molar-refractivity contribution in [3.05, 3.63) is 52.5 Å². The van der Waals surface area contributed by atoms with E-state index in [1.807, 2.05) is 32.0 Å². The van der Waals surface area contributed by atoms with Crippen molar-refractivity contribution in [1.29, 1.82) is 0 Å². The Bertz CT molecular complexity index is 978. The van der Waals surface area contributed by atoms with Crippen molar-refractivity contribution in [2.75, 3.05) is 5.32 Å². The number of anilines is 1. The normalized spacial score (nSPS) is 14.0. The molecule has 0 saturated carbocycles. The molecular formula is C19H18N2O3. The maximum atomic E-state index is 12.7. The summed E-state index contributed by atoms with van der Waals surface area (Å²) >= 11 is 0. The highest BCUT2D eigenvalue weighted by molar-refractivity contribution is 6.14. The standard InChI is InChI=1S/C19H18N2O3/c1-10-8-12-9-13(6-7-16(12)24-10)21-19(23)17-11(2)20-14-4-3-5-15(22)18(14)17/h6-9,20H,3-5H2,1-2H3,(H,21,23). The third-order valence-corrected chi connectivity index (χ3v) is 4.50. The number of carbonyl (C=O) groups is 2. The number of hydrogen-bond donors (Lipinski definition) is 2. The Morgan fingerprint density at radius 3 is 2.88 bits per heavy atom. The van der Waals surface area contributed by atoms with Crippen LogP contribution in [0.5, 0.6) is 0 Å². The lowest BCUT2D eigenvalue weighted by molar-refractivity contribution is 0.0956. The average molecular weight is 322 g/mol. The zero-order valence-corrected chi connectivity index (χ0v) is 13.7. The van der Waals surface area contributed by atoms with Gasteiger partial charge in [0.05, 0.1) is 11.1 Å². The SMILES string of the molecule is Cc1cc2cc(NC(=O)c3c(C)[nH]c4c3C(=O)CCC4)ccc2o1. The molecular weight excluding hydrogens is 304 g/mol. The number of carbonyl (C=O) groups excluding carboxylic acids is 2. The summed E-state index contributed by atoms with van der Waals surface area (Å²) in [7, 11) is 0. The van der Waals surface area contributed by atoms with Crippen LogP contribution in [0, 0.1) is 13.8 Å². The molecule has 0 spiro atoms. The van der Waals surface area contributed by atoms with Crippen LogP contribution in [0.25, 0.3) is 11.0 Å². The Hall–Kier alpha value is -2.82. The van der Waals surface area contributed by atoms with Crippen molar-refractivity contribution in [2.24, 2.45) is 0 Å². The Morgan fingerprint density at radius 2 is 2.04 bits per heavy atom. The Balaban J connectivity index is 1.68. The predicted molar refractivity (Wildman–Crippen MR) is 91.7 cm³/mol. The van der Waals surface area contributed by atoms with E-state index in [0.717, 1.165) is 41.0 Å². The van der Waals surface area contributed by atoms with E-state index in [1.165, 1.54) is 0 Å². The second-order valence-electron chi connectivity index (χ2n) is 6.32. The Kier molecular flexibility index (Phi) is 3.30. The molecule has 2 aromatic heterocycles. The quantitative estimate of drug-likeness (QED) is 0.744. The van der Waals surface area contributed by atoms with Crippen LogP contribution in [-0.4, -0.2) is 16.7 Å². The molecule has 122 valence electrons. The maximum absolute atomic E-state index is 12.7. The van der Waals surface area contributed by atoms with Crippen LogP contribution in [0.4, 0.5) is 5.69 Å². The van der Waals surface area contributed by atoms with Crippen molar-refractivity contribution in [3.63, 3.8) is 0 Å². The number of hydrogen-bond acceptors (Lipinski definition) is 3. The van der Waals surface area contributed by atoms with E-state index in [2.05, 4.69) is 10.3 Å². The lowest BCUT2D eigenvalue weighted by Gasteiger charge is -2.12. The molecule has 5 heteroatoms. The van der Waals surface area contributed by atoms with Gasteiger partial charge in [-0.25, -0.2) is 0 Å². The number of aromatic amines is 1. The van der Waals surface area contributed by atoms with Crippen LogP contribution in [0.3, 0.4) is 0 Å². The van der Waals surface area contributed by atoms with Gasteiger partial charge in [-0.15, -0.1) is 0 Å². The van der Waals surface area contributed by atoms with Gasteiger partial charge in [0.2, 0.25) is 0 Å². The first-order valence-corrected chi connectivity index (χ1v) is 8.09. The van der Waals surface area contributed by atoms with Crippen LogP contribution in [-0.2, 0) is 6.42 Å². The summed E-state index contributed by atoms with van der Waals surface area (Å²) in [6.45, 7) is 3.72. The van der Waals surface area contributed by atoms with E-state index in [0.29, 0.717) is 23.2 Å². The number of benzene rings is 1. The highest BCUT2D eigenvalue weighted by Crippen LogP contribution is 2.28. The molecule has 3 aromatic rings. The fourth-order valence-corrected chi connectivity index (χ4v) is 3.47. The molecule has 5 nitrogen and oxygen atoms in total. The van der Waals surface area contributed by atoms with Gasteiger partial charge in [-0.05, 0) is 51.0 Å². The van der Waals surface area contributed by atoms with Crippen LogP contribution in [0.15, 0.2) is 28.7 Å². The number of fused-ring (bicyclic) bond motifs is 2. The largest absolute Gasteiger partial charge is 0.461 e. The number of amides is 1. The lowest BCUT2D eigenvalue weighted by atomic mass is 9.93. The minimum Gasteiger partial charge on any atom is -0.461 e. The van der Waals surface area contributed by atoms with E-state index in [1.54, 1.807) is 6.07 Å². The third-order valence-electron chi connectivity index (χ3n) is 4.50. The Morgan fingerprint density at radius 1 is 1.21 bits per heavy atom. The number of H-pyrrole nitrogens is 1. The molecule has 0 bridgehead atoms. The third kappa shape index (κ3) is 2.33. The van der Waals surface area contributed by atoms with Gasteiger partial charge >= 0.3 is 0 Å². The average Bonchev–Trinajstić information content (AvgIpc) is 3.06. The summed E-state index contributed by atoms with van der Waals surface area (Å²) < 4.78 is 5.55. The number of ketones is 1. The van der Waals surface area contributed by atoms with Crippen molar-refractivity contribution >= 4 is 28.3 Å². The molecule has 1 aliphatic carbocycles. The molecule has 1 amide bonds. The summed E-state index contributed by atoms with van der Waals surface area (Å²) in [5.41, 5.74) is 4.14. The van der Waals surface area contributed by atoms with Gasteiger partial charge in [-0.2, -0.15) is 0 Å². The molecule has 0 atom stereocenters. The second-order valence-corrected chi connectivity index (χ2v) is 6.32. The monoisotopic (exact) mass is 322 g/mol. The van der Waals surface area contributed by atoms with E-state index < -0.39 is 0 Å². The summed E-state index contributed by atoms with van der Waals surface area (Å²) in [6, 6.07) is 7.44. The van der Waals surface area contributed by atoms with E-state index in [4.69, 9.17) is 4.42 Å². The van der Waals surface area contributed by atoms with Crippen LogP contribution < -0.4 is 5.32 Å². The first-order chi connectivity index (χ1) is 11.5. The van der Waals surface area contributed by atoms with Gasteiger partial charge < -0.3 is 14.7 Å². The first-order valence-electron chi connectivity index (χ1n) is 8.09. The topological polar surface area (TPSA) is 75.1 Å². The zero-order valence-electron chi connectivity index (χ0n) is 13.7. The van der Waals surface area contributed by atoms with Gasteiger partial charge in [0.15, 0.2) is 5.78 Å². The molecule has 0 aliphatic heterocycles. The highest BCUT2D eigenvalue weighted by Gasteiger charge is 2.28. The van der Waals surface area contributed by atoms with E-state index in [-0.39, 0.29) is 11.7 Å². The predicted octanol–water partition coefficient (Wildman–Crippen LogP) is 4.15. The molecule has 2 heterocycles. The fourth-order valence-electron chi connectivity index (χ4n) is 3.47. The molecule has 0 saturated heterocycles. The van der Waals surface area contributed by atoms with Gasteiger partial charge in [-0.1, -0.05) is 0 Å². The highest BCUT2D eigenvalue weighted by atomic mass is 16.3. The summed E-state index contributed by atoms with van der Waals surface area (Å²) in [6.07, 6.45) is 2.16. The molecule has 0 unspecified atom stereocenters. The van der Waals surface area contributed by atoms with Gasteiger partial charge in [-0.3, -0.25) is 9.59 Å². The Labute approximate surface area is 139 Å². The molecule has 4 rings (SSSR count). The van der Waals surface area contributed by atoms with Gasteiger partial charge in [0, 0.05) is 28.9 Å². The smallest absolute Gasteiger partial charge is 0.258 e. The van der Waals surface area contributed by atoms with Crippen molar-refractivity contribution in [3.8, 4) is 0 Å². The number of nitrogens with one attached hydrogen (secondary N) is 2. The summed E-state index contributed by atoms with van der Waals surface area (Å²) in [5, 5.41) is 3.84.